The number of allylic oxidation sites excluding steroid dienone is 2. The van der Waals surface area contributed by atoms with Crippen LogP contribution in [-0.2, 0) is 9.59 Å². The number of amides is 2. The molecule has 2 aliphatic rings. The molecule has 1 saturated heterocycles. The summed E-state index contributed by atoms with van der Waals surface area (Å²) in [6, 6.07) is 14.4. The van der Waals surface area contributed by atoms with Gasteiger partial charge in [-0.25, -0.2) is 14.4 Å². The summed E-state index contributed by atoms with van der Waals surface area (Å²) >= 11 is 0. The molecule has 5 N–H and O–H groups in total. The molecule has 1 atom stereocenters. The molecule has 0 aliphatic carbocycles. The van der Waals surface area contributed by atoms with Crippen molar-refractivity contribution >= 4 is 29.3 Å². The third-order valence-electron chi connectivity index (χ3n) is 7.82. The van der Waals surface area contributed by atoms with E-state index in [0.717, 1.165) is 50.6 Å². The Morgan fingerprint density at radius 2 is 1.72 bits per heavy atom. The van der Waals surface area contributed by atoms with E-state index in [1.165, 1.54) is 0 Å². The number of carbonyl (C=O) groups excluding carboxylic acids is 1. The number of urea groups is 1. The van der Waals surface area contributed by atoms with Gasteiger partial charge in [0, 0.05) is 49.8 Å². The van der Waals surface area contributed by atoms with Crippen LogP contribution in [0.15, 0.2) is 71.1 Å². The number of piperazine rings is 1. The quantitative estimate of drug-likeness (QED) is 0.229. The lowest BCUT2D eigenvalue weighted by atomic mass is 9.79. The number of ether oxygens (including phenoxy) is 1. The highest BCUT2D eigenvalue weighted by Crippen LogP contribution is 2.40. The molecule has 0 radical (unpaired) electrons. The number of benzene rings is 2. The number of aliphatic carboxylic acids is 2. The lowest BCUT2D eigenvalue weighted by Gasteiger charge is -2.36. The van der Waals surface area contributed by atoms with Gasteiger partial charge in [0.1, 0.15) is 5.75 Å². The SMILES string of the molecule is CCCC1=C(C(=O)O)C(c2cccc(NC(=O)NCCCN3CCN(c4ccccc4OC)CC3)c2)C(C(=O)O)=C(C)N1. The number of hydrogen-bond donors (Lipinski definition) is 5. The zero-order valence-corrected chi connectivity index (χ0v) is 25.0. The minimum Gasteiger partial charge on any atom is -0.495 e. The minimum atomic E-state index is -1.19. The highest BCUT2D eigenvalue weighted by Gasteiger charge is 2.37. The van der Waals surface area contributed by atoms with Gasteiger partial charge in [-0.05, 0) is 56.1 Å². The normalized spacial score (nSPS) is 17.4. The molecule has 43 heavy (non-hydrogen) atoms. The lowest BCUT2D eigenvalue weighted by molar-refractivity contribution is -0.133. The van der Waals surface area contributed by atoms with Gasteiger partial charge in [-0.15, -0.1) is 0 Å². The fourth-order valence-electron chi connectivity index (χ4n) is 5.79. The van der Waals surface area contributed by atoms with E-state index < -0.39 is 17.9 Å². The lowest BCUT2D eigenvalue weighted by Crippen LogP contribution is -2.47. The number of rotatable bonds is 12. The minimum absolute atomic E-state index is 0.00944. The monoisotopic (exact) mass is 591 g/mol. The van der Waals surface area contributed by atoms with Crippen LogP contribution in [0, 0.1) is 0 Å². The van der Waals surface area contributed by atoms with Crippen LogP contribution in [0.1, 0.15) is 44.6 Å². The molecule has 2 amide bonds. The van der Waals surface area contributed by atoms with E-state index in [0.29, 0.717) is 42.0 Å². The Morgan fingerprint density at radius 3 is 2.40 bits per heavy atom. The van der Waals surface area contributed by atoms with Crippen molar-refractivity contribution in [3.05, 3.63) is 76.6 Å². The zero-order valence-electron chi connectivity index (χ0n) is 25.0. The molecule has 4 rings (SSSR count). The van der Waals surface area contributed by atoms with Crippen LogP contribution in [0.25, 0.3) is 0 Å². The molecule has 0 spiro atoms. The Morgan fingerprint density at radius 1 is 1.00 bits per heavy atom. The largest absolute Gasteiger partial charge is 0.495 e. The van der Waals surface area contributed by atoms with E-state index in [1.54, 1.807) is 38.3 Å². The van der Waals surface area contributed by atoms with E-state index in [-0.39, 0.29) is 17.2 Å². The van der Waals surface area contributed by atoms with Crippen molar-refractivity contribution < 1.29 is 29.3 Å². The molecule has 2 heterocycles. The number of nitrogens with zero attached hydrogens (tertiary/aromatic N) is 2. The molecular weight excluding hydrogens is 550 g/mol. The van der Waals surface area contributed by atoms with Crippen LogP contribution in [0.3, 0.4) is 0 Å². The van der Waals surface area contributed by atoms with Gasteiger partial charge in [-0.2, -0.15) is 0 Å². The fourth-order valence-corrected chi connectivity index (χ4v) is 5.79. The Labute approximate surface area is 252 Å². The summed E-state index contributed by atoms with van der Waals surface area (Å²) < 4.78 is 5.50. The molecule has 11 nitrogen and oxygen atoms in total. The van der Waals surface area contributed by atoms with Gasteiger partial charge in [0.05, 0.1) is 29.9 Å². The number of para-hydroxylation sites is 2. The Kier molecular flexibility index (Phi) is 10.7. The van der Waals surface area contributed by atoms with E-state index in [1.807, 2.05) is 25.1 Å². The molecule has 230 valence electrons. The Bertz CT molecular complexity index is 1400. The van der Waals surface area contributed by atoms with E-state index >= 15 is 0 Å². The molecule has 0 bridgehead atoms. The molecule has 1 fully saturated rings. The second-order valence-electron chi connectivity index (χ2n) is 10.7. The van der Waals surface area contributed by atoms with Crippen molar-refractivity contribution in [2.45, 2.75) is 39.0 Å². The van der Waals surface area contributed by atoms with Crippen molar-refractivity contribution in [3.63, 3.8) is 0 Å². The predicted molar refractivity (Wildman–Crippen MR) is 166 cm³/mol. The summed E-state index contributed by atoms with van der Waals surface area (Å²) in [5.41, 5.74) is 2.93. The first-order valence-corrected chi connectivity index (χ1v) is 14.7. The third kappa shape index (κ3) is 7.66. The number of carbonyl (C=O) groups is 3. The van der Waals surface area contributed by atoms with Crippen LogP contribution in [0.2, 0.25) is 0 Å². The first kappa shape index (κ1) is 31.4. The molecule has 2 aliphatic heterocycles. The van der Waals surface area contributed by atoms with E-state index in [9.17, 15) is 24.6 Å². The van der Waals surface area contributed by atoms with Crippen molar-refractivity contribution in [3.8, 4) is 5.75 Å². The summed E-state index contributed by atoms with van der Waals surface area (Å²) in [7, 11) is 1.69. The van der Waals surface area contributed by atoms with Gasteiger partial charge < -0.3 is 35.8 Å². The average Bonchev–Trinajstić information content (AvgIpc) is 2.99. The first-order valence-electron chi connectivity index (χ1n) is 14.7. The zero-order chi connectivity index (χ0) is 30.9. The van der Waals surface area contributed by atoms with Gasteiger partial charge >= 0.3 is 18.0 Å². The second kappa shape index (κ2) is 14.6. The van der Waals surface area contributed by atoms with Crippen LogP contribution in [-0.4, -0.2) is 79.5 Å². The van der Waals surface area contributed by atoms with Gasteiger partial charge in [-0.3, -0.25) is 4.90 Å². The van der Waals surface area contributed by atoms with E-state index in [4.69, 9.17) is 4.74 Å². The van der Waals surface area contributed by atoms with Crippen LogP contribution in [0.4, 0.5) is 16.2 Å². The first-order chi connectivity index (χ1) is 20.7. The van der Waals surface area contributed by atoms with Crippen LogP contribution >= 0.6 is 0 Å². The Balaban J connectivity index is 1.32. The average molecular weight is 592 g/mol. The van der Waals surface area contributed by atoms with Crippen molar-refractivity contribution in [1.29, 1.82) is 0 Å². The predicted octanol–water partition coefficient (Wildman–Crippen LogP) is 4.21. The molecule has 0 saturated carbocycles. The number of dihydropyridines is 1. The maximum atomic E-state index is 12.7. The highest BCUT2D eigenvalue weighted by molar-refractivity contribution is 5.98. The highest BCUT2D eigenvalue weighted by atomic mass is 16.5. The number of carboxylic acids is 2. The van der Waals surface area contributed by atoms with E-state index in [2.05, 4.69) is 31.8 Å². The third-order valence-corrected chi connectivity index (χ3v) is 7.82. The Hall–Kier alpha value is -4.51. The molecule has 2 aromatic rings. The maximum absolute atomic E-state index is 12.7. The van der Waals surface area contributed by atoms with Gasteiger partial charge in [-0.1, -0.05) is 37.6 Å². The number of nitrogens with one attached hydrogen (secondary N) is 3. The van der Waals surface area contributed by atoms with Crippen LogP contribution < -0.4 is 25.6 Å². The number of carboxylic acid groups (broad SMARTS) is 2. The molecule has 11 heteroatoms. The standard InChI is InChI=1S/C32H41N5O6/c1-4-9-24-29(31(40)41)28(27(30(38)39)21(2)34-24)22-10-7-11-23(20-22)35-32(42)33-14-8-15-36-16-18-37(19-17-36)25-12-5-6-13-26(25)43-3/h5-7,10-13,20,28,34H,4,8-9,14-19H2,1-3H3,(H,38,39)(H,40,41)(H2,33,35,42). The maximum Gasteiger partial charge on any atom is 0.334 e. The smallest absolute Gasteiger partial charge is 0.334 e. The molecule has 1 unspecified atom stereocenters. The van der Waals surface area contributed by atoms with Crippen LogP contribution in [0.5, 0.6) is 5.75 Å². The summed E-state index contributed by atoms with van der Waals surface area (Å²) in [5.74, 6) is -2.47. The number of anilines is 2. The summed E-state index contributed by atoms with van der Waals surface area (Å²) in [5, 5.41) is 28.7. The van der Waals surface area contributed by atoms with Gasteiger partial charge in [0.25, 0.3) is 0 Å². The van der Waals surface area contributed by atoms with Crippen molar-refractivity contribution in [2.75, 3.05) is 56.6 Å². The fraction of sp³-hybridized carbons (Fsp3) is 0.406. The second-order valence-corrected chi connectivity index (χ2v) is 10.7. The topological polar surface area (TPSA) is 143 Å². The number of methoxy groups -OCH3 is 1. The summed E-state index contributed by atoms with van der Waals surface area (Å²) in [6.45, 7) is 8.57. The summed E-state index contributed by atoms with van der Waals surface area (Å²) in [4.78, 5) is 41.9. The number of hydrogen-bond acceptors (Lipinski definition) is 7. The van der Waals surface area contributed by atoms with Gasteiger partial charge in [0.2, 0.25) is 0 Å². The molecule has 0 aromatic heterocycles. The molecule has 2 aromatic carbocycles. The van der Waals surface area contributed by atoms with Crippen molar-refractivity contribution in [2.24, 2.45) is 0 Å². The summed E-state index contributed by atoms with van der Waals surface area (Å²) in [6.07, 6.45) is 1.96. The van der Waals surface area contributed by atoms with Gasteiger partial charge in [0.15, 0.2) is 0 Å². The van der Waals surface area contributed by atoms with Crippen molar-refractivity contribution in [1.82, 2.24) is 15.5 Å². The molecular formula is C32H41N5O6.